The molecule has 0 saturated carbocycles. The molecule has 9 nitrogen and oxygen atoms in total. The topological polar surface area (TPSA) is 107 Å². The third kappa shape index (κ3) is 4.24. The molecule has 1 saturated heterocycles. The third-order valence-electron chi connectivity index (χ3n) is 5.24. The molecular weight excluding hydrogens is 416 g/mol. The maximum absolute atomic E-state index is 13.0. The fraction of sp³-hybridized carbons (Fsp3) is 0.348. The van der Waals surface area contributed by atoms with Crippen molar-refractivity contribution in [2.75, 3.05) is 41.6 Å². The Labute approximate surface area is 186 Å². The number of carbonyl (C=O) groups is 2. The van der Waals surface area contributed by atoms with Crippen LogP contribution in [0.5, 0.6) is 17.2 Å². The standard InChI is InChI=1S/C23H26N2O7/c1-29-11-5-10-25-19(15-12-16(30-2)22(32-4)17(13-15)31-3)18(21(27)23(25)28)20(26)14-6-8-24-9-7-14/h6-9,12-13,19,26H,5,10-11H2,1-4H3. The number of pyridine rings is 1. The van der Waals surface area contributed by atoms with Crippen LogP contribution in [0.15, 0.2) is 42.2 Å². The van der Waals surface area contributed by atoms with Crippen LogP contribution in [-0.2, 0) is 14.3 Å². The molecule has 1 N–H and O–H groups in total. The number of ether oxygens (including phenoxy) is 4. The van der Waals surface area contributed by atoms with Crippen LogP contribution in [0, 0.1) is 0 Å². The van der Waals surface area contributed by atoms with Gasteiger partial charge < -0.3 is 29.0 Å². The molecule has 0 bridgehead atoms. The average Bonchev–Trinajstić information content (AvgIpc) is 3.08. The lowest BCUT2D eigenvalue weighted by molar-refractivity contribution is -0.140. The van der Waals surface area contributed by atoms with Gasteiger partial charge in [0.2, 0.25) is 5.75 Å². The summed E-state index contributed by atoms with van der Waals surface area (Å²) in [4.78, 5) is 31.4. The molecule has 0 spiro atoms. The van der Waals surface area contributed by atoms with Gasteiger partial charge >= 0.3 is 0 Å². The van der Waals surface area contributed by atoms with E-state index in [-0.39, 0.29) is 17.9 Å². The van der Waals surface area contributed by atoms with Crippen molar-refractivity contribution in [2.24, 2.45) is 0 Å². The van der Waals surface area contributed by atoms with Gasteiger partial charge in [-0.2, -0.15) is 0 Å². The van der Waals surface area contributed by atoms with Gasteiger partial charge in [-0.3, -0.25) is 14.6 Å². The number of aliphatic hydroxyl groups excluding tert-OH is 1. The highest BCUT2D eigenvalue weighted by molar-refractivity contribution is 6.46. The lowest BCUT2D eigenvalue weighted by Crippen LogP contribution is -2.31. The van der Waals surface area contributed by atoms with Crippen LogP contribution in [-0.4, -0.2) is 68.3 Å². The van der Waals surface area contributed by atoms with E-state index in [9.17, 15) is 14.7 Å². The Balaban J connectivity index is 2.22. The predicted octanol–water partition coefficient (Wildman–Crippen LogP) is 2.57. The van der Waals surface area contributed by atoms with E-state index in [1.54, 1.807) is 31.4 Å². The zero-order valence-corrected chi connectivity index (χ0v) is 18.5. The van der Waals surface area contributed by atoms with Crippen molar-refractivity contribution in [3.63, 3.8) is 0 Å². The van der Waals surface area contributed by atoms with E-state index in [0.29, 0.717) is 41.4 Å². The monoisotopic (exact) mass is 442 g/mol. The number of nitrogens with zero attached hydrogens (tertiary/aromatic N) is 2. The number of amides is 1. The maximum atomic E-state index is 13.0. The lowest BCUT2D eigenvalue weighted by Gasteiger charge is -2.26. The fourth-order valence-corrected chi connectivity index (χ4v) is 3.76. The third-order valence-corrected chi connectivity index (χ3v) is 5.24. The van der Waals surface area contributed by atoms with E-state index < -0.39 is 17.7 Å². The molecule has 1 aromatic carbocycles. The maximum Gasteiger partial charge on any atom is 0.295 e. The van der Waals surface area contributed by atoms with Crippen molar-refractivity contribution in [1.29, 1.82) is 0 Å². The predicted molar refractivity (Wildman–Crippen MR) is 116 cm³/mol. The summed E-state index contributed by atoms with van der Waals surface area (Å²) in [6.07, 6.45) is 3.51. The summed E-state index contributed by atoms with van der Waals surface area (Å²) < 4.78 is 21.4. The zero-order chi connectivity index (χ0) is 23.3. The van der Waals surface area contributed by atoms with Gasteiger partial charge in [0.05, 0.1) is 32.9 Å². The van der Waals surface area contributed by atoms with Gasteiger partial charge in [-0.15, -0.1) is 0 Å². The summed E-state index contributed by atoms with van der Waals surface area (Å²) in [6.45, 7) is 0.669. The first-order valence-corrected chi connectivity index (χ1v) is 9.96. The van der Waals surface area contributed by atoms with Gasteiger partial charge in [0.25, 0.3) is 11.7 Å². The number of likely N-dealkylation sites (tertiary alicyclic amines) is 1. The van der Waals surface area contributed by atoms with Gasteiger partial charge in [0, 0.05) is 38.2 Å². The highest BCUT2D eigenvalue weighted by Crippen LogP contribution is 2.45. The minimum atomic E-state index is -0.853. The van der Waals surface area contributed by atoms with E-state index in [0.717, 1.165) is 0 Å². The van der Waals surface area contributed by atoms with Crippen molar-refractivity contribution < 1.29 is 33.6 Å². The number of rotatable bonds is 9. The Morgan fingerprint density at radius 2 is 1.66 bits per heavy atom. The Morgan fingerprint density at radius 3 is 2.19 bits per heavy atom. The molecule has 3 rings (SSSR count). The summed E-state index contributed by atoms with van der Waals surface area (Å²) in [5.41, 5.74) is 0.895. The first-order valence-electron chi connectivity index (χ1n) is 9.96. The largest absolute Gasteiger partial charge is 0.507 e. The van der Waals surface area contributed by atoms with Crippen LogP contribution in [0.4, 0.5) is 0 Å². The molecule has 2 aromatic rings. The number of hydrogen-bond donors (Lipinski definition) is 1. The van der Waals surface area contributed by atoms with Gasteiger partial charge in [0.1, 0.15) is 5.76 Å². The quantitative estimate of drug-likeness (QED) is 0.273. The molecular formula is C23H26N2O7. The van der Waals surface area contributed by atoms with Gasteiger partial charge in [0.15, 0.2) is 11.5 Å². The second-order valence-electron chi connectivity index (χ2n) is 7.03. The van der Waals surface area contributed by atoms with Gasteiger partial charge in [-0.05, 0) is 36.2 Å². The number of aliphatic hydroxyl groups is 1. The average molecular weight is 442 g/mol. The molecule has 1 amide bonds. The van der Waals surface area contributed by atoms with Crippen molar-refractivity contribution in [1.82, 2.24) is 9.88 Å². The normalized spacial score (nSPS) is 17.5. The van der Waals surface area contributed by atoms with E-state index in [1.807, 2.05) is 0 Å². The smallest absolute Gasteiger partial charge is 0.295 e. The van der Waals surface area contributed by atoms with E-state index in [1.165, 1.54) is 38.6 Å². The Hall–Kier alpha value is -3.59. The summed E-state index contributed by atoms with van der Waals surface area (Å²) in [7, 11) is 6.01. The van der Waals surface area contributed by atoms with Gasteiger partial charge in [-0.1, -0.05) is 0 Å². The Bertz CT molecular complexity index is 995. The van der Waals surface area contributed by atoms with Crippen molar-refractivity contribution in [2.45, 2.75) is 12.5 Å². The Kier molecular flexibility index (Phi) is 7.32. The highest BCUT2D eigenvalue weighted by atomic mass is 16.5. The van der Waals surface area contributed by atoms with E-state index in [2.05, 4.69) is 4.98 Å². The summed E-state index contributed by atoms with van der Waals surface area (Å²) in [6, 6.07) is 5.62. The molecule has 1 aliphatic rings. The number of Topliss-reactive ketones (excluding diaryl/α,β-unsaturated/α-hetero) is 1. The molecule has 1 aliphatic heterocycles. The number of aromatic nitrogens is 1. The molecule has 0 radical (unpaired) electrons. The minimum absolute atomic E-state index is 0.0205. The summed E-state index contributed by atoms with van der Waals surface area (Å²) in [5.74, 6) is -0.629. The number of hydrogen-bond acceptors (Lipinski definition) is 8. The van der Waals surface area contributed by atoms with Gasteiger partial charge in [-0.25, -0.2) is 0 Å². The molecule has 32 heavy (non-hydrogen) atoms. The van der Waals surface area contributed by atoms with Crippen LogP contribution < -0.4 is 14.2 Å². The summed E-state index contributed by atoms with van der Waals surface area (Å²) >= 11 is 0. The molecule has 9 heteroatoms. The number of carbonyl (C=O) groups excluding carboxylic acids is 2. The van der Waals surface area contributed by atoms with Crippen LogP contribution in [0.3, 0.4) is 0 Å². The van der Waals surface area contributed by atoms with Crippen LogP contribution in [0.1, 0.15) is 23.6 Å². The van der Waals surface area contributed by atoms with Crippen molar-refractivity contribution in [3.05, 3.63) is 53.4 Å². The first kappa shape index (κ1) is 23.1. The fourth-order valence-electron chi connectivity index (χ4n) is 3.76. The first-order chi connectivity index (χ1) is 15.5. The number of benzene rings is 1. The second kappa shape index (κ2) is 10.1. The van der Waals surface area contributed by atoms with Crippen LogP contribution in [0.2, 0.25) is 0 Å². The van der Waals surface area contributed by atoms with Crippen molar-refractivity contribution in [3.8, 4) is 17.2 Å². The molecule has 170 valence electrons. The lowest BCUT2D eigenvalue weighted by atomic mass is 9.95. The molecule has 1 unspecified atom stereocenters. The minimum Gasteiger partial charge on any atom is -0.507 e. The zero-order valence-electron chi connectivity index (χ0n) is 18.5. The molecule has 1 atom stereocenters. The SMILES string of the molecule is COCCCN1C(=O)C(=O)C(=C(O)c2ccncc2)C1c1cc(OC)c(OC)c(OC)c1. The molecule has 1 fully saturated rings. The van der Waals surface area contributed by atoms with E-state index in [4.69, 9.17) is 18.9 Å². The summed E-state index contributed by atoms with van der Waals surface area (Å²) in [5, 5.41) is 11.0. The number of methoxy groups -OCH3 is 4. The molecule has 0 aliphatic carbocycles. The number of ketones is 1. The van der Waals surface area contributed by atoms with E-state index >= 15 is 0 Å². The molecule has 1 aromatic heterocycles. The second-order valence-corrected chi connectivity index (χ2v) is 7.03. The highest BCUT2D eigenvalue weighted by Gasteiger charge is 2.46. The van der Waals surface area contributed by atoms with Crippen molar-refractivity contribution >= 4 is 17.4 Å². The molecule has 2 heterocycles. The van der Waals surface area contributed by atoms with Crippen LogP contribution >= 0.6 is 0 Å². The Morgan fingerprint density at radius 1 is 1.03 bits per heavy atom. The van der Waals surface area contributed by atoms with Crippen LogP contribution in [0.25, 0.3) is 5.76 Å².